The van der Waals surface area contributed by atoms with E-state index in [1.165, 1.54) is 0 Å². The van der Waals surface area contributed by atoms with Gasteiger partial charge in [-0.1, -0.05) is 38.2 Å². The average Bonchev–Trinajstić information content (AvgIpc) is 2.73. The molecule has 1 N–H and O–H groups in total. The lowest BCUT2D eigenvalue weighted by molar-refractivity contribution is -0.459. The summed E-state index contributed by atoms with van der Waals surface area (Å²) in [4.78, 5) is 0. The van der Waals surface area contributed by atoms with Gasteiger partial charge in [-0.2, -0.15) is 74.6 Å². The molecule has 0 atom stereocenters. The molecule has 0 aliphatic carbocycles. The van der Waals surface area contributed by atoms with Crippen LogP contribution in [-0.4, -0.2) is 59.3 Å². The minimum Gasteiger partial charge on any atom is -0.396 e. The molecule has 0 saturated heterocycles. The largest absolute Gasteiger partial charge is 0.460 e. The summed E-state index contributed by atoms with van der Waals surface area (Å²) in [6.45, 7) is -0.0469. The predicted octanol–water partition coefficient (Wildman–Crippen LogP) is 8.67. The molecule has 0 fully saturated rings. The number of allylic oxidation sites excluding steroid dienone is 2. The summed E-state index contributed by atoms with van der Waals surface area (Å²) < 4.78 is 223. The Morgan fingerprint density at radius 1 is 0.405 bits per heavy atom. The molecule has 37 heavy (non-hydrogen) atoms. The highest BCUT2D eigenvalue weighted by molar-refractivity contribution is 5.17. The number of hydrogen-bond acceptors (Lipinski definition) is 1. The number of aliphatic hydroxyl groups excluding tert-OH is 1. The molecular weight excluding hydrogens is 567 g/mol. The minimum atomic E-state index is -8.61. The standard InChI is InChI=1S/C19H21F17O/c20-12(21,10-8-6-4-2-1-3-5-7-9-11-37)13(22,23)14(24,25)15(26,27)16(28,29)17(30,31)18(32,33)19(34,35)36/h8,10,37H,1-7,9,11H2/b10-8-. The van der Waals surface area contributed by atoms with E-state index in [2.05, 4.69) is 0 Å². The third kappa shape index (κ3) is 6.57. The molecule has 0 saturated carbocycles. The van der Waals surface area contributed by atoms with Crippen molar-refractivity contribution in [2.75, 3.05) is 6.61 Å². The van der Waals surface area contributed by atoms with E-state index >= 15 is 0 Å². The van der Waals surface area contributed by atoms with Crippen molar-refractivity contribution in [3.05, 3.63) is 12.2 Å². The number of hydrogen-bond donors (Lipinski definition) is 1. The lowest BCUT2D eigenvalue weighted by atomic mass is 9.89. The summed E-state index contributed by atoms with van der Waals surface area (Å²) >= 11 is 0. The zero-order chi connectivity index (χ0) is 29.8. The summed E-state index contributed by atoms with van der Waals surface area (Å²) in [6.07, 6.45) is -6.24. The fourth-order valence-corrected chi connectivity index (χ4v) is 2.77. The topological polar surface area (TPSA) is 20.2 Å². The molecule has 0 aromatic heterocycles. The highest BCUT2D eigenvalue weighted by Crippen LogP contribution is 2.64. The molecule has 0 rings (SSSR count). The number of rotatable bonds is 16. The molecule has 0 radical (unpaired) electrons. The van der Waals surface area contributed by atoms with Gasteiger partial charge in [-0.05, 0) is 25.3 Å². The van der Waals surface area contributed by atoms with E-state index in [1.54, 1.807) is 0 Å². The molecule has 0 heterocycles. The van der Waals surface area contributed by atoms with Crippen LogP contribution >= 0.6 is 0 Å². The maximum Gasteiger partial charge on any atom is 0.460 e. The van der Waals surface area contributed by atoms with Crippen molar-refractivity contribution in [3.8, 4) is 0 Å². The van der Waals surface area contributed by atoms with Crippen molar-refractivity contribution in [2.45, 2.75) is 99.0 Å². The van der Waals surface area contributed by atoms with Gasteiger partial charge in [0.2, 0.25) is 0 Å². The Bertz CT molecular complexity index is 739. The van der Waals surface area contributed by atoms with Gasteiger partial charge in [-0.3, -0.25) is 0 Å². The number of aliphatic hydroxyl groups is 1. The SMILES string of the molecule is OCCCCCCCCC/C=C\C(F)(F)C(F)(F)C(F)(F)C(F)(F)C(F)(F)C(F)(F)C(F)(F)C(F)(F)F. The summed E-state index contributed by atoms with van der Waals surface area (Å²) in [6, 6.07) is 0. The lowest BCUT2D eigenvalue weighted by Crippen LogP contribution is -2.74. The first-order valence-corrected chi connectivity index (χ1v) is 10.3. The Morgan fingerprint density at radius 3 is 1.11 bits per heavy atom. The maximum atomic E-state index is 13.7. The molecule has 1 nitrogen and oxygen atoms in total. The van der Waals surface area contributed by atoms with Crippen LogP contribution in [0.15, 0.2) is 12.2 Å². The van der Waals surface area contributed by atoms with Crippen molar-refractivity contribution >= 4 is 0 Å². The van der Waals surface area contributed by atoms with E-state index in [0.717, 1.165) is 0 Å². The molecule has 0 unspecified atom stereocenters. The monoisotopic (exact) mass is 588 g/mol. The summed E-state index contributed by atoms with van der Waals surface area (Å²) in [7, 11) is 0. The van der Waals surface area contributed by atoms with Crippen LogP contribution in [-0.2, 0) is 0 Å². The quantitative estimate of drug-likeness (QED) is 0.109. The van der Waals surface area contributed by atoms with Crippen LogP contribution in [0.3, 0.4) is 0 Å². The van der Waals surface area contributed by atoms with Crippen LogP contribution in [0.2, 0.25) is 0 Å². The van der Waals surface area contributed by atoms with Crippen molar-refractivity contribution in [1.29, 1.82) is 0 Å². The van der Waals surface area contributed by atoms with Crippen molar-refractivity contribution < 1.29 is 79.7 Å². The van der Waals surface area contributed by atoms with Crippen molar-refractivity contribution in [1.82, 2.24) is 0 Å². The molecule has 0 aliphatic heterocycles. The van der Waals surface area contributed by atoms with Gasteiger partial charge in [0, 0.05) is 6.61 Å². The Balaban J connectivity index is 5.76. The Kier molecular flexibility index (Phi) is 11.2. The van der Waals surface area contributed by atoms with Crippen LogP contribution in [0.25, 0.3) is 0 Å². The Morgan fingerprint density at radius 2 is 0.730 bits per heavy atom. The van der Waals surface area contributed by atoms with E-state index in [1.807, 2.05) is 0 Å². The predicted molar refractivity (Wildman–Crippen MR) is 93.8 cm³/mol. The average molecular weight is 588 g/mol. The van der Waals surface area contributed by atoms with Crippen LogP contribution in [0.1, 0.15) is 51.4 Å². The zero-order valence-corrected chi connectivity index (χ0v) is 18.4. The molecule has 0 aliphatic rings. The van der Waals surface area contributed by atoms with Gasteiger partial charge in [0.1, 0.15) is 0 Å². The van der Waals surface area contributed by atoms with Gasteiger partial charge >= 0.3 is 47.6 Å². The van der Waals surface area contributed by atoms with E-state index < -0.39 is 60.1 Å². The third-order valence-corrected chi connectivity index (χ3v) is 5.10. The van der Waals surface area contributed by atoms with E-state index in [-0.39, 0.29) is 25.5 Å². The van der Waals surface area contributed by atoms with Gasteiger partial charge in [-0.15, -0.1) is 0 Å². The van der Waals surface area contributed by atoms with Crippen LogP contribution in [0.4, 0.5) is 74.6 Å². The van der Waals surface area contributed by atoms with Crippen LogP contribution in [0, 0.1) is 0 Å². The second-order valence-corrected chi connectivity index (χ2v) is 7.96. The summed E-state index contributed by atoms with van der Waals surface area (Å²) in [5.74, 6) is -56.2. The van der Waals surface area contributed by atoms with E-state index in [9.17, 15) is 74.6 Å². The number of unbranched alkanes of at least 4 members (excludes halogenated alkanes) is 7. The second kappa shape index (κ2) is 11.7. The van der Waals surface area contributed by atoms with E-state index in [0.29, 0.717) is 32.1 Å². The van der Waals surface area contributed by atoms with Crippen LogP contribution in [0.5, 0.6) is 0 Å². The Hall–Kier alpha value is -1.49. The Labute approximate surface area is 198 Å². The highest BCUT2D eigenvalue weighted by atomic mass is 19.4. The van der Waals surface area contributed by atoms with Gasteiger partial charge in [0.05, 0.1) is 0 Å². The first-order valence-electron chi connectivity index (χ1n) is 10.3. The normalized spacial score (nSPS) is 15.6. The molecule has 0 spiro atoms. The molecule has 0 aromatic carbocycles. The fraction of sp³-hybridized carbons (Fsp3) is 0.895. The van der Waals surface area contributed by atoms with Crippen molar-refractivity contribution in [2.24, 2.45) is 0 Å². The van der Waals surface area contributed by atoms with Crippen molar-refractivity contribution in [3.63, 3.8) is 0 Å². The molecule has 0 bridgehead atoms. The minimum absolute atomic E-state index is 0.0402. The number of alkyl halides is 17. The first kappa shape index (κ1) is 35.5. The van der Waals surface area contributed by atoms with E-state index in [4.69, 9.17) is 5.11 Å². The molecule has 222 valence electrons. The zero-order valence-electron chi connectivity index (χ0n) is 18.4. The molecule has 0 amide bonds. The van der Waals surface area contributed by atoms with Gasteiger partial charge in [0.25, 0.3) is 0 Å². The molecular formula is C19H21F17O. The first-order chi connectivity index (χ1) is 16.3. The van der Waals surface area contributed by atoms with Gasteiger partial charge in [0.15, 0.2) is 0 Å². The second-order valence-electron chi connectivity index (χ2n) is 7.96. The number of halogens is 17. The highest BCUT2D eigenvalue weighted by Gasteiger charge is 2.95. The fourth-order valence-electron chi connectivity index (χ4n) is 2.77. The van der Waals surface area contributed by atoms with Crippen LogP contribution < -0.4 is 0 Å². The third-order valence-electron chi connectivity index (χ3n) is 5.10. The summed E-state index contributed by atoms with van der Waals surface area (Å²) in [5, 5.41) is 8.57. The van der Waals surface area contributed by atoms with Gasteiger partial charge in [-0.25, -0.2) is 0 Å². The molecule has 18 heteroatoms. The maximum absolute atomic E-state index is 13.7. The smallest absolute Gasteiger partial charge is 0.396 e. The summed E-state index contributed by atoms with van der Waals surface area (Å²) in [5.41, 5.74) is 0. The molecule has 0 aromatic rings. The van der Waals surface area contributed by atoms with Gasteiger partial charge < -0.3 is 5.11 Å². The lowest BCUT2D eigenvalue weighted by Gasteiger charge is -2.42.